The Morgan fingerprint density at radius 2 is 2.33 bits per heavy atom. The van der Waals surface area contributed by atoms with Gasteiger partial charge in [0.25, 0.3) is 0 Å². The first kappa shape index (κ1) is 9.20. The second kappa shape index (κ2) is 4.88. The molecule has 12 heavy (non-hydrogen) atoms. The quantitative estimate of drug-likeness (QED) is 0.728. The third kappa shape index (κ3) is 2.62. The third-order valence-corrected chi connectivity index (χ3v) is 1.68. The van der Waals surface area contributed by atoms with Gasteiger partial charge in [0, 0.05) is 24.2 Å². The first-order chi connectivity index (χ1) is 5.86. The average molecular weight is 186 g/mol. The summed E-state index contributed by atoms with van der Waals surface area (Å²) in [6, 6.07) is 7.77. The Labute approximate surface area is 77.5 Å². The van der Waals surface area contributed by atoms with Crippen LogP contribution in [-0.4, -0.2) is 19.5 Å². The molecule has 0 saturated carbocycles. The van der Waals surface area contributed by atoms with Crippen molar-refractivity contribution in [2.45, 2.75) is 0 Å². The summed E-state index contributed by atoms with van der Waals surface area (Å²) in [5, 5.41) is 3.16. The molecule has 0 fully saturated rings. The maximum atomic E-state index is 5.53. The minimum Gasteiger partial charge on any atom is -0.497 e. The Morgan fingerprint density at radius 1 is 1.50 bits per heavy atom. The number of ether oxygens (including phenoxy) is 1. The number of benzene rings is 1. The van der Waals surface area contributed by atoms with Gasteiger partial charge in [-0.15, -0.1) is 11.6 Å². The lowest BCUT2D eigenvalue weighted by Crippen LogP contribution is -2.01. The Balaban J connectivity index is 2.60. The summed E-state index contributed by atoms with van der Waals surface area (Å²) in [5.41, 5.74) is 1.04. The maximum absolute atomic E-state index is 5.53. The van der Waals surface area contributed by atoms with Crippen LogP contribution in [0, 0.1) is 0 Å². The molecule has 0 spiro atoms. The van der Waals surface area contributed by atoms with Gasteiger partial charge in [0.2, 0.25) is 0 Å². The highest BCUT2D eigenvalue weighted by molar-refractivity contribution is 6.18. The number of rotatable bonds is 4. The van der Waals surface area contributed by atoms with Crippen molar-refractivity contribution >= 4 is 17.3 Å². The highest BCUT2D eigenvalue weighted by Gasteiger charge is 1.92. The number of methoxy groups -OCH3 is 1. The van der Waals surface area contributed by atoms with E-state index in [-0.39, 0.29) is 0 Å². The molecule has 0 aromatic heterocycles. The van der Waals surface area contributed by atoms with E-state index in [1.165, 1.54) is 0 Å². The third-order valence-electron chi connectivity index (χ3n) is 1.49. The molecule has 0 unspecified atom stereocenters. The molecule has 3 heteroatoms. The number of anilines is 1. The second-order valence-corrected chi connectivity index (χ2v) is 2.73. The lowest BCUT2D eigenvalue weighted by molar-refractivity contribution is 0.415. The molecule has 2 nitrogen and oxygen atoms in total. The molecular formula is C9H12ClNO. The van der Waals surface area contributed by atoms with Crippen molar-refractivity contribution in [2.75, 3.05) is 24.9 Å². The molecule has 1 aromatic rings. The van der Waals surface area contributed by atoms with Crippen LogP contribution >= 0.6 is 11.6 Å². The molecule has 0 amide bonds. The highest BCUT2D eigenvalue weighted by Crippen LogP contribution is 2.16. The average Bonchev–Trinajstić information content (AvgIpc) is 2.15. The molecule has 0 heterocycles. The number of halogens is 1. The van der Waals surface area contributed by atoms with Crippen molar-refractivity contribution in [1.29, 1.82) is 0 Å². The molecule has 0 aliphatic rings. The van der Waals surface area contributed by atoms with E-state index in [1.807, 2.05) is 24.3 Å². The first-order valence-corrected chi connectivity index (χ1v) is 4.34. The van der Waals surface area contributed by atoms with Crippen LogP contribution < -0.4 is 10.1 Å². The van der Waals surface area contributed by atoms with Gasteiger partial charge in [0.15, 0.2) is 0 Å². The zero-order chi connectivity index (χ0) is 8.81. The van der Waals surface area contributed by atoms with Crippen molar-refractivity contribution < 1.29 is 4.74 Å². The van der Waals surface area contributed by atoms with Crippen LogP contribution in [0.15, 0.2) is 24.3 Å². The van der Waals surface area contributed by atoms with E-state index in [4.69, 9.17) is 16.3 Å². The van der Waals surface area contributed by atoms with Crippen molar-refractivity contribution in [2.24, 2.45) is 0 Å². The fourth-order valence-electron chi connectivity index (χ4n) is 0.925. The molecule has 0 aliphatic carbocycles. The van der Waals surface area contributed by atoms with Crippen molar-refractivity contribution in [3.63, 3.8) is 0 Å². The van der Waals surface area contributed by atoms with E-state index >= 15 is 0 Å². The van der Waals surface area contributed by atoms with Crippen LogP contribution in [0.5, 0.6) is 5.75 Å². The van der Waals surface area contributed by atoms with Crippen LogP contribution in [0.3, 0.4) is 0 Å². The van der Waals surface area contributed by atoms with Crippen LogP contribution in [0.2, 0.25) is 0 Å². The number of nitrogens with one attached hydrogen (secondary N) is 1. The van der Waals surface area contributed by atoms with Crippen molar-refractivity contribution in [1.82, 2.24) is 0 Å². The summed E-state index contributed by atoms with van der Waals surface area (Å²) in [6.45, 7) is 0.773. The molecule has 66 valence electrons. The van der Waals surface area contributed by atoms with Gasteiger partial charge >= 0.3 is 0 Å². The van der Waals surface area contributed by atoms with Crippen LogP contribution in [-0.2, 0) is 0 Å². The molecule has 1 rings (SSSR count). The Kier molecular flexibility index (Phi) is 3.74. The van der Waals surface area contributed by atoms with E-state index in [1.54, 1.807) is 7.11 Å². The number of hydrogen-bond donors (Lipinski definition) is 1. The fraction of sp³-hybridized carbons (Fsp3) is 0.333. The van der Waals surface area contributed by atoms with E-state index in [2.05, 4.69) is 5.32 Å². The van der Waals surface area contributed by atoms with Crippen molar-refractivity contribution in [3.05, 3.63) is 24.3 Å². The van der Waals surface area contributed by atoms with Crippen LogP contribution in [0.25, 0.3) is 0 Å². The summed E-state index contributed by atoms with van der Waals surface area (Å²) < 4.78 is 5.06. The summed E-state index contributed by atoms with van der Waals surface area (Å²) in [4.78, 5) is 0. The SMILES string of the molecule is COc1cccc(NCCCl)c1. The minimum atomic E-state index is 0.608. The number of alkyl halides is 1. The Bertz CT molecular complexity index is 240. The normalized spacial score (nSPS) is 9.50. The summed E-state index contributed by atoms with van der Waals surface area (Å²) in [6.07, 6.45) is 0. The largest absolute Gasteiger partial charge is 0.497 e. The monoisotopic (exact) mass is 185 g/mol. The number of hydrogen-bond acceptors (Lipinski definition) is 2. The smallest absolute Gasteiger partial charge is 0.120 e. The molecule has 0 saturated heterocycles. The molecular weight excluding hydrogens is 174 g/mol. The minimum absolute atomic E-state index is 0.608. The van der Waals surface area contributed by atoms with E-state index in [0.29, 0.717) is 5.88 Å². The highest BCUT2D eigenvalue weighted by atomic mass is 35.5. The van der Waals surface area contributed by atoms with Gasteiger partial charge < -0.3 is 10.1 Å². The summed E-state index contributed by atoms with van der Waals surface area (Å²) >= 11 is 5.53. The Morgan fingerprint density at radius 3 is 3.00 bits per heavy atom. The molecule has 1 N–H and O–H groups in total. The second-order valence-electron chi connectivity index (χ2n) is 2.35. The molecule has 0 aliphatic heterocycles. The van der Waals surface area contributed by atoms with Crippen LogP contribution in [0.4, 0.5) is 5.69 Å². The van der Waals surface area contributed by atoms with E-state index in [0.717, 1.165) is 18.0 Å². The molecule has 1 aromatic carbocycles. The lowest BCUT2D eigenvalue weighted by atomic mass is 10.3. The zero-order valence-corrected chi connectivity index (χ0v) is 7.77. The zero-order valence-electron chi connectivity index (χ0n) is 7.01. The van der Waals surface area contributed by atoms with E-state index < -0.39 is 0 Å². The van der Waals surface area contributed by atoms with E-state index in [9.17, 15) is 0 Å². The standard InChI is InChI=1S/C9H12ClNO/c1-12-9-4-2-3-8(7-9)11-6-5-10/h2-4,7,11H,5-6H2,1H3. The maximum Gasteiger partial charge on any atom is 0.120 e. The molecule has 0 bridgehead atoms. The predicted octanol–water partition coefficient (Wildman–Crippen LogP) is 2.35. The van der Waals surface area contributed by atoms with Gasteiger partial charge in [0.1, 0.15) is 5.75 Å². The van der Waals surface area contributed by atoms with Gasteiger partial charge in [-0.2, -0.15) is 0 Å². The van der Waals surface area contributed by atoms with Gasteiger partial charge in [-0.3, -0.25) is 0 Å². The Hall–Kier alpha value is -0.890. The first-order valence-electron chi connectivity index (χ1n) is 3.80. The van der Waals surface area contributed by atoms with Crippen LogP contribution in [0.1, 0.15) is 0 Å². The molecule has 0 radical (unpaired) electrons. The van der Waals surface area contributed by atoms with Gasteiger partial charge in [-0.1, -0.05) is 6.07 Å². The summed E-state index contributed by atoms with van der Waals surface area (Å²) in [7, 11) is 1.65. The summed E-state index contributed by atoms with van der Waals surface area (Å²) in [5.74, 6) is 1.46. The lowest BCUT2D eigenvalue weighted by Gasteiger charge is -2.05. The topological polar surface area (TPSA) is 21.3 Å². The van der Waals surface area contributed by atoms with Crippen molar-refractivity contribution in [3.8, 4) is 5.75 Å². The molecule has 0 atom stereocenters. The van der Waals surface area contributed by atoms with Gasteiger partial charge in [-0.25, -0.2) is 0 Å². The van der Waals surface area contributed by atoms with Gasteiger partial charge in [-0.05, 0) is 12.1 Å². The predicted molar refractivity (Wildman–Crippen MR) is 52.2 cm³/mol. The van der Waals surface area contributed by atoms with Gasteiger partial charge in [0.05, 0.1) is 7.11 Å². The fourth-order valence-corrected chi connectivity index (χ4v) is 1.02.